The number of aromatic nitrogens is 4. The van der Waals surface area contributed by atoms with Crippen molar-refractivity contribution < 1.29 is 9.32 Å². The van der Waals surface area contributed by atoms with Crippen LogP contribution in [0.25, 0.3) is 11.6 Å². The lowest BCUT2D eigenvalue weighted by atomic mass is 10.1. The second-order valence-corrected chi connectivity index (χ2v) is 8.34. The fourth-order valence-corrected chi connectivity index (χ4v) is 4.06. The first-order valence-corrected chi connectivity index (χ1v) is 10.9. The molecule has 3 aromatic rings. The summed E-state index contributed by atoms with van der Waals surface area (Å²) in [5.41, 5.74) is 3.57. The van der Waals surface area contributed by atoms with Gasteiger partial charge in [0.25, 0.3) is 5.89 Å². The van der Waals surface area contributed by atoms with Gasteiger partial charge in [0.2, 0.25) is 0 Å². The first kappa shape index (κ1) is 18.2. The Morgan fingerprint density at radius 1 is 1.28 bits per heavy atom. The summed E-state index contributed by atoms with van der Waals surface area (Å²) in [6.07, 6.45) is 5.00. The van der Waals surface area contributed by atoms with Crippen LogP contribution in [0.2, 0.25) is 0 Å². The SMILES string of the molecule is CSc1ccc(NC(=O)N2CCc3c(c(-c4nc(C5CC5)no4)nn3C)C2)cc1. The van der Waals surface area contributed by atoms with Gasteiger partial charge in [-0.05, 0) is 43.4 Å². The molecule has 1 fully saturated rings. The molecule has 2 aliphatic rings. The van der Waals surface area contributed by atoms with E-state index in [0.29, 0.717) is 30.6 Å². The highest BCUT2D eigenvalue weighted by Gasteiger charge is 2.32. The number of hydrogen-bond donors (Lipinski definition) is 1. The largest absolute Gasteiger partial charge is 0.332 e. The van der Waals surface area contributed by atoms with Gasteiger partial charge >= 0.3 is 6.03 Å². The molecule has 2 amide bonds. The minimum absolute atomic E-state index is 0.119. The molecule has 1 N–H and O–H groups in total. The number of urea groups is 1. The van der Waals surface area contributed by atoms with E-state index in [4.69, 9.17) is 4.52 Å². The number of aryl methyl sites for hydroxylation is 1. The molecule has 0 atom stereocenters. The second kappa shape index (κ2) is 7.22. The normalized spacial score (nSPS) is 16.0. The highest BCUT2D eigenvalue weighted by molar-refractivity contribution is 7.98. The highest BCUT2D eigenvalue weighted by Crippen LogP contribution is 2.39. The van der Waals surface area contributed by atoms with E-state index < -0.39 is 0 Å². The Balaban J connectivity index is 1.35. The molecule has 0 unspecified atom stereocenters. The van der Waals surface area contributed by atoms with Crippen LogP contribution in [0.3, 0.4) is 0 Å². The number of carbonyl (C=O) groups is 1. The quantitative estimate of drug-likeness (QED) is 0.660. The molecule has 5 rings (SSSR count). The maximum atomic E-state index is 12.8. The van der Waals surface area contributed by atoms with Gasteiger partial charge in [0.15, 0.2) is 11.5 Å². The van der Waals surface area contributed by atoms with Gasteiger partial charge in [0.1, 0.15) is 0 Å². The van der Waals surface area contributed by atoms with Crippen LogP contribution in [0.5, 0.6) is 0 Å². The van der Waals surface area contributed by atoms with Gasteiger partial charge in [-0.2, -0.15) is 10.1 Å². The van der Waals surface area contributed by atoms with Crippen LogP contribution in [0.4, 0.5) is 10.5 Å². The van der Waals surface area contributed by atoms with Crippen LogP contribution in [0.1, 0.15) is 35.8 Å². The van der Waals surface area contributed by atoms with Gasteiger partial charge in [-0.3, -0.25) is 4.68 Å². The molecule has 1 aliphatic heterocycles. The van der Waals surface area contributed by atoms with Crippen molar-refractivity contribution in [2.24, 2.45) is 7.05 Å². The van der Waals surface area contributed by atoms with Crippen LogP contribution in [-0.4, -0.2) is 43.7 Å². The van der Waals surface area contributed by atoms with Crippen molar-refractivity contribution in [2.75, 3.05) is 18.1 Å². The first-order valence-electron chi connectivity index (χ1n) is 9.71. The Hall–Kier alpha value is -2.81. The zero-order valence-corrected chi connectivity index (χ0v) is 17.2. The van der Waals surface area contributed by atoms with Gasteiger partial charge in [-0.25, -0.2) is 4.79 Å². The van der Waals surface area contributed by atoms with Crippen LogP contribution in [0.15, 0.2) is 33.7 Å². The minimum atomic E-state index is -0.119. The van der Waals surface area contributed by atoms with Crippen molar-refractivity contribution in [2.45, 2.75) is 36.6 Å². The molecule has 0 saturated heterocycles. The summed E-state index contributed by atoms with van der Waals surface area (Å²) in [6.45, 7) is 1.10. The molecule has 1 aromatic carbocycles. The molecular weight excluding hydrogens is 388 g/mol. The number of rotatable bonds is 4. The fourth-order valence-electron chi connectivity index (χ4n) is 3.65. The van der Waals surface area contributed by atoms with Crippen LogP contribution in [0, 0.1) is 0 Å². The second-order valence-electron chi connectivity index (χ2n) is 7.46. The Morgan fingerprint density at radius 3 is 2.79 bits per heavy atom. The molecule has 3 heterocycles. The van der Waals surface area contributed by atoms with Gasteiger partial charge in [-0.1, -0.05) is 5.16 Å². The molecule has 150 valence electrons. The van der Waals surface area contributed by atoms with Gasteiger partial charge < -0.3 is 14.7 Å². The van der Waals surface area contributed by atoms with Gasteiger partial charge in [0.05, 0.1) is 6.54 Å². The van der Waals surface area contributed by atoms with Crippen molar-refractivity contribution >= 4 is 23.5 Å². The number of fused-ring (bicyclic) bond motifs is 1. The summed E-state index contributed by atoms with van der Waals surface area (Å²) in [7, 11) is 1.92. The number of nitrogens with one attached hydrogen (secondary N) is 1. The summed E-state index contributed by atoms with van der Waals surface area (Å²) in [5.74, 6) is 1.63. The van der Waals surface area contributed by atoms with E-state index in [0.717, 1.165) is 46.9 Å². The van der Waals surface area contributed by atoms with Gasteiger partial charge in [0, 0.05) is 47.8 Å². The molecule has 9 heteroatoms. The number of benzene rings is 1. The van der Waals surface area contributed by atoms with Crippen LogP contribution >= 0.6 is 11.8 Å². The highest BCUT2D eigenvalue weighted by atomic mass is 32.2. The minimum Gasteiger partial charge on any atom is -0.332 e. The third-order valence-corrected chi connectivity index (χ3v) is 6.20. The van der Waals surface area contributed by atoms with Crippen molar-refractivity contribution in [3.8, 4) is 11.6 Å². The summed E-state index contributed by atoms with van der Waals surface area (Å²) in [4.78, 5) is 20.3. The Bertz CT molecular complexity index is 1050. The summed E-state index contributed by atoms with van der Waals surface area (Å²) >= 11 is 1.67. The lowest BCUT2D eigenvalue weighted by Gasteiger charge is -2.27. The lowest BCUT2D eigenvalue weighted by molar-refractivity contribution is 0.206. The van der Waals surface area contributed by atoms with E-state index >= 15 is 0 Å². The standard InChI is InChI=1S/C20H22N6O2S/c1-25-16-9-10-26(20(27)21-13-5-7-14(29-2)8-6-13)11-15(16)17(23-25)19-22-18(24-28-19)12-3-4-12/h5-8,12H,3-4,9-11H2,1-2H3,(H,21,27). The number of hydrogen-bond acceptors (Lipinski definition) is 6. The maximum Gasteiger partial charge on any atom is 0.322 e. The Labute approximate surface area is 172 Å². The number of anilines is 1. The molecule has 1 aliphatic carbocycles. The molecule has 29 heavy (non-hydrogen) atoms. The molecule has 0 radical (unpaired) electrons. The average molecular weight is 411 g/mol. The van der Waals surface area contributed by atoms with Crippen molar-refractivity contribution in [3.05, 3.63) is 41.3 Å². The molecule has 0 bridgehead atoms. The zero-order chi connectivity index (χ0) is 20.0. The van der Waals surface area contributed by atoms with E-state index in [-0.39, 0.29) is 6.03 Å². The number of nitrogens with zero attached hydrogens (tertiary/aromatic N) is 5. The smallest absolute Gasteiger partial charge is 0.322 e. The molecule has 0 spiro atoms. The molecule has 1 saturated carbocycles. The van der Waals surface area contributed by atoms with Crippen molar-refractivity contribution in [3.63, 3.8) is 0 Å². The summed E-state index contributed by atoms with van der Waals surface area (Å²) in [5, 5.41) is 11.7. The average Bonchev–Trinajstić information content (AvgIpc) is 3.39. The third kappa shape index (κ3) is 3.50. The van der Waals surface area contributed by atoms with E-state index in [2.05, 4.69) is 20.6 Å². The van der Waals surface area contributed by atoms with Crippen LogP contribution < -0.4 is 5.32 Å². The van der Waals surface area contributed by atoms with E-state index in [1.807, 2.05) is 42.3 Å². The van der Waals surface area contributed by atoms with Crippen LogP contribution in [-0.2, 0) is 20.0 Å². The predicted octanol–water partition coefficient (Wildman–Crippen LogP) is 3.66. The predicted molar refractivity (Wildman–Crippen MR) is 110 cm³/mol. The number of carbonyl (C=O) groups excluding carboxylic acids is 1. The fraction of sp³-hybridized carbons (Fsp3) is 0.400. The van der Waals surface area contributed by atoms with E-state index in [1.54, 1.807) is 16.7 Å². The van der Waals surface area contributed by atoms with Crippen molar-refractivity contribution in [1.82, 2.24) is 24.8 Å². The maximum absolute atomic E-state index is 12.8. The van der Waals surface area contributed by atoms with E-state index in [9.17, 15) is 4.79 Å². The Kier molecular flexibility index (Phi) is 4.54. The summed E-state index contributed by atoms with van der Waals surface area (Å²) < 4.78 is 7.35. The number of amides is 2. The summed E-state index contributed by atoms with van der Waals surface area (Å²) in [6, 6.07) is 7.73. The lowest BCUT2D eigenvalue weighted by Crippen LogP contribution is -2.39. The number of thioether (sulfide) groups is 1. The molecule has 8 nitrogen and oxygen atoms in total. The van der Waals surface area contributed by atoms with Crippen molar-refractivity contribution in [1.29, 1.82) is 0 Å². The molecule has 2 aromatic heterocycles. The zero-order valence-electron chi connectivity index (χ0n) is 16.4. The van der Waals surface area contributed by atoms with E-state index in [1.165, 1.54) is 0 Å². The van der Waals surface area contributed by atoms with Gasteiger partial charge in [-0.15, -0.1) is 11.8 Å². The molecular formula is C20H22N6O2S. The topological polar surface area (TPSA) is 89.1 Å². The third-order valence-electron chi connectivity index (χ3n) is 5.46. The first-order chi connectivity index (χ1) is 14.1. The Morgan fingerprint density at radius 2 is 2.07 bits per heavy atom. The monoisotopic (exact) mass is 410 g/mol.